The predicted molar refractivity (Wildman–Crippen MR) is 76.1 cm³/mol. The third-order valence-electron chi connectivity index (χ3n) is 3.80. The number of carboxylic acids is 1. The SMILES string of the molecule is CCCCCCCC(CCCC(=O)O)C(C)(O)CO. The van der Waals surface area contributed by atoms with Gasteiger partial charge >= 0.3 is 5.97 Å². The third-order valence-corrected chi connectivity index (χ3v) is 3.80. The zero-order valence-corrected chi connectivity index (χ0v) is 12.4. The summed E-state index contributed by atoms with van der Waals surface area (Å²) in [5, 5.41) is 28.0. The Hall–Kier alpha value is -0.610. The first kappa shape index (κ1) is 18.4. The largest absolute Gasteiger partial charge is 0.481 e. The molecule has 3 N–H and O–H groups in total. The molecule has 0 saturated carbocycles. The lowest BCUT2D eigenvalue weighted by Crippen LogP contribution is -2.38. The van der Waals surface area contributed by atoms with Crippen molar-refractivity contribution in [1.29, 1.82) is 0 Å². The molecule has 19 heavy (non-hydrogen) atoms. The van der Waals surface area contributed by atoms with Crippen molar-refractivity contribution >= 4 is 5.97 Å². The molecule has 0 aromatic rings. The van der Waals surface area contributed by atoms with Crippen LogP contribution in [-0.2, 0) is 4.79 Å². The Bertz CT molecular complexity index is 238. The molecule has 114 valence electrons. The van der Waals surface area contributed by atoms with E-state index in [4.69, 9.17) is 5.11 Å². The number of hydrogen-bond donors (Lipinski definition) is 3. The second-order valence-corrected chi connectivity index (χ2v) is 5.70. The van der Waals surface area contributed by atoms with Gasteiger partial charge in [0, 0.05) is 6.42 Å². The highest BCUT2D eigenvalue weighted by atomic mass is 16.4. The van der Waals surface area contributed by atoms with Crippen molar-refractivity contribution in [3.8, 4) is 0 Å². The van der Waals surface area contributed by atoms with Crippen LogP contribution in [0.2, 0.25) is 0 Å². The van der Waals surface area contributed by atoms with Crippen LogP contribution in [0.25, 0.3) is 0 Å². The molecule has 0 aliphatic heterocycles. The third kappa shape index (κ3) is 9.00. The first-order valence-corrected chi connectivity index (χ1v) is 7.49. The van der Waals surface area contributed by atoms with Gasteiger partial charge in [0.05, 0.1) is 12.2 Å². The van der Waals surface area contributed by atoms with E-state index in [1.54, 1.807) is 6.92 Å². The zero-order chi connectivity index (χ0) is 14.7. The van der Waals surface area contributed by atoms with Crippen molar-refractivity contribution in [2.75, 3.05) is 6.61 Å². The van der Waals surface area contributed by atoms with Crippen LogP contribution < -0.4 is 0 Å². The minimum Gasteiger partial charge on any atom is -0.481 e. The van der Waals surface area contributed by atoms with E-state index in [9.17, 15) is 15.0 Å². The molecule has 0 aliphatic rings. The van der Waals surface area contributed by atoms with E-state index in [1.807, 2.05) is 0 Å². The topological polar surface area (TPSA) is 77.8 Å². The van der Waals surface area contributed by atoms with Crippen molar-refractivity contribution in [1.82, 2.24) is 0 Å². The van der Waals surface area contributed by atoms with Crippen LogP contribution in [0, 0.1) is 5.92 Å². The van der Waals surface area contributed by atoms with Crippen LogP contribution in [0.3, 0.4) is 0 Å². The lowest BCUT2D eigenvalue weighted by Gasteiger charge is -2.31. The van der Waals surface area contributed by atoms with Crippen molar-refractivity contribution in [3.05, 3.63) is 0 Å². The van der Waals surface area contributed by atoms with Crippen molar-refractivity contribution in [2.24, 2.45) is 5.92 Å². The Morgan fingerprint density at radius 1 is 1.11 bits per heavy atom. The standard InChI is InChI=1S/C15H30O4/c1-3-4-5-6-7-9-13(15(2,19)12-16)10-8-11-14(17)18/h13,16,19H,3-12H2,1-2H3,(H,17,18). The Balaban J connectivity index is 4.08. The summed E-state index contributed by atoms with van der Waals surface area (Å²) in [5.74, 6) is -0.816. The van der Waals surface area contributed by atoms with Gasteiger partial charge in [-0.2, -0.15) is 0 Å². The molecule has 0 heterocycles. The number of aliphatic carboxylic acids is 1. The van der Waals surface area contributed by atoms with Crippen LogP contribution in [-0.4, -0.2) is 33.5 Å². The maximum atomic E-state index is 10.5. The molecule has 0 aliphatic carbocycles. The van der Waals surface area contributed by atoms with E-state index in [1.165, 1.54) is 19.3 Å². The molecule has 0 radical (unpaired) electrons. The van der Waals surface area contributed by atoms with Gasteiger partial charge in [-0.25, -0.2) is 0 Å². The van der Waals surface area contributed by atoms with Gasteiger partial charge in [0.1, 0.15) is 0 Å². The van der Waals surface area contributed by atoms with Gasteiger partial charge in [0.25, 0.3) is 0 Å². The minimum absolute atomic E-state index is 0.0153. The molecule has 4 heteroatoms. The van der Waals surface area contributed by atoms with Gasteiger partial charge < -0.3 is 15.3 Å². The van der Waals surface area contributed by atoms with Gasteiger partial charge in [0.15, 0.2) is 0 Å². The first-order valence-electron chi connectivity index (χ1n) is 7.49. The Labute approximate surface area is 116 Å². The van der Waals surface area contributed by atoms with E-state index < -0.39 is 11.6 Å². The Morgan fingerprint density at radius 3 is 2.21 bits per heavy atom. The van der Waals surface area contributed by atoms with Crippen LogP contribution in [0.15, 0.2) is 0 Å². The summed E-state index contributed by atoms with van der Waals surface area (Å²) in [7, 11) is 0. The number of rotatable bonds is 12. The number of aliphatic hydroxyl groups is 2. The summed E-state index contributed by atoms with van der Waals surface area (Å²) in [6, 6.07) is 0. The summed E-state index contributed by atoms with van der Waals surface area (Å²) in [5.41, 5.74) is -1.09. The Morgan fingerprint density at radius 2 is 1.68 bits per heavy atom. The smallest absolute Gasteiger partial charge is 0.303 e. The highest BCUT2D eigenvalue weighted by Gasteiger charge is 2.30. The van der Waals surface area contributed by atoms with Gasteiger partial charge in [0.2, 0.25) is 0 Å². The van der Waals surface area contributed by atoms with Crippen LogP contribution in [0.1, 0.15) is 71.6 Å². The number of hydrogen-bond acceptors (Lipinski definition) is 3. The maximum absolute atomic E-state index is 10.5. The number of unbranched alkanes of at least 4 members (excludes halogenated alkanes) is 4. The molecule has 2 atom stereocenters. The van der Waals surface area contributed by atoms with Gasteiger partial charge in [-0.3, -0.25) is 4.79 Å². The second-order valence-electron chi connectivity index (χ2n) is 5.70. The highest BCUT2D eigenvalue weighted by molar-refractivity contribution is 5.66. The molecule has 4 nitrogen and oxygen atoms in total. The quantitative estimate of drug-likeness (QED) is 0.478. The zero-order valence-electron chi connectivity index (χ0n) is 12.4. The molecule has 0 amide bonds. The predicted octanol–water partition coefficient (Wildman–Crippen LogP) is 2.96. The average molecular weight is 274 g/mol. The summed E-state index contributed by atoms with van der Waals surface area (Å²) in [6.07, 6.45) is 8.04. The van der Waals surface area contributed by atoms with Crippen molar-refractivity contribution < 1.29 is 20.1 Å². The first-order chi connectivity index (χ1) is 8.94. The molecule has 0 bridgehead atoms. The minimum atomic E-state index is -1.09. The van der Waals surface area contributed by atoms with E-state index >= 15 is 0 Å². The van der Waals surface area contributed by atoms with E-state index in [0.717, 1.165) is 19.3 Å². The fraction of sp³-hybridized carbons (Fsp3) is 0.933. The van der Waals surface area contributed by atoms with Crippen LogP contribution in [0.4, 0.5) is 0 Å². The van der Waals surface area contributed by atoms with E-state index in [0.29, 0.717) is 12.8 Å². The van der Waals surface area contributed by atoms with Crippen LogP contribution in [0.5, 0.6) is 0 Å². The molecular formula is C15H30O4. The molecule has 0 fully saturated rings. The summed E-state index contributed by atoms with van der Waals surface area (Å²) in [6.45, 7) is 3.55. The lowest BCUT2D eigenvalue weighted by molar-refractivity contribution is -0.137. The number of carboxylic acid groups (broad SMARTS) is 1. The molecule has 0 saturated heterocycles. The maximum Gasteiger partial charge on any atom is 0.303 e. The van der Waals surface area contributed by atoms with Crippen LogP contribution >= 0.6 is 0 Å². The molecule has 0 aromatic carbocycles. The lowest BCUT2D eigenvalue weighted by atomic mass is 9.82. The van der Waals surface area contributed by atoms with Gasteiger partial charge in [-0.1, -0.05) is 39.0 Å². The molecule has 2 unspecified atom stereocenters. The summed E-state index contributed by atoms with van der Waals surface area (Å²) < 4.78 is 0. The fourth-order valence-electron chi connectivity index (χ4n) is 2.39. The van der Waals surface area contributed by atoms with Crippen molar-refractivity contribution in [3.63, 3.8) is 0 Å². The van der Waals surface area contributed by atoms with Gasteiger partial charge in [-0.05, 0) is 32.1 Å². The van der Waals surface area contributed by atoms with E-state index in [2.05, 4.69) is 6.92 Å². The molecule has 0 aromatic heterocycles. The van der Waals surface area contributed by atoms with Crippen molar-refractivity contribution in [2.45, 2.75) is 77.2 Å². The molecular weight excluding hydrogens is 244 g/mol. The summed E-state index contributed by atoms with van der Waals surface area (Å²) in [4.78, 5) is 10.5. The normalized spacial score (nSPS) is 16.0. The second kappa shape index (κ2) is 10.2. The molecule has 0 rings (SSSR count). The monoisotopic (exact) mass is 274 g/mol. The fourth-order valence-corrected chi connectivity index (χ4v) is 2.39. The highest BCUT2D eigenvalue weighted by Crippen LogP contribution is 2.28. The number of aliphatic hydroxyl groups excluding tert-OH is 1. The van der Waals surface area contributed by atoms with E-state index in [-0.39, 0.29) is 18.9 Å². The molecule has 0 spiro atoms. The Kier molecular flexibility index (Phi) is 9.88. The van der Waals surface area contributed by atoms with Gasteiger partial charge in [-0.15, -0.1) is 0 Å². The summed E-state index contributed by atoms with van der Waals surface area (Å²) >= 11 is 0. The number of carbonyl (C=O) groups is 1. The average Bonchev–Trinajstić information content (AvgIpc) is 2.35.